The van der Waals surface area contributed by atoms with Crippen LogP contribution in [-0.4, -0.2) is 56.4 Å². The maximum atomic E-state index is 12.0. The Morgan fingerprint density at radius 2 is 1.76 bits per heavy atom. The first-order valence-electron chi connectivity index (χ1n) is 10.9. The Kier molecular flexibility index (Phi) is 6.16. The molecular formula is C24H28N4O4S. The molecule has 2 N–H and O–H groups in total. The smallest absolute Gasteiger partial charge is 0.336 e. The molecule has 0 unspecified atom stereocenters. The number of sulfonamides is 1. The molecule has 1 aliphatic rings. The van der Waals surface area contributed by atoms with Gasteiger partial charge in [0.2, 0.25) is 10.0 Å². The molecular weight excluding hydrogens is 440 g/mol. The summed E-state index contributed by atoms with van der Waals surface area (Å²) in [6.45, 7) is 8.85. The molecule has 2 aromatic carbocycles. The Bertz CT molecular complexity index is 1320. The molecule has 1 fully saturated rings. The van der Waals surface area contributed by atoms with Crippen molar-refractivity contribution in [3.63, 3.8) is 0 Å². The fourth-order valence-corrected chi connectivity index (χ4v) is 4.75. The van der Waals surface area contributed by atoms with Gasteiger partial charge >= 0.3 is 5.97 Å². The minimum absolute atomic E-state index is 0.0674. The number of hydrogen-bond donors (Lipinski definition) is 2. The molecule has 33 heavy (non-hydrogen) atoms. The van der Waals surface area contributed by atoms with E-state index in [0.717, 1.165) is 26.2 Å². The van der Waals surface area contributed by atoms with E-state index in [4.69, 9.17) is 4.98 Å². The van der Waals surface area contributed by atoms with Gasteiger partial charge < -0.3 is 14.9 Å². The molecule has 0 spiro atoms. The molecule has 1 aliphatic heterocycles. The number of aryl methyl sites for hydroxylation is 1. The number of fused-ring (bicyclic) bond motifs is 1. The van der Waals surface area contributed by atoms with Gasteiger partial charge in [0.25, 0.3) is 0 Å². The van der Waals surface area contributed by atoms with Gasteiger partial charge in [-0.15, -0.1) is 0 Å². The second-order valence-electron chi connectivity index (χ2n) is 8.26. The number of aromatic carboxylic acids is 1. The Morgan fingerprint density at radius 1 is 1.06 bits per heavy atom. The van der Waals surface area contributed by atoms with Crippen LogP contribution in [0.15, 0.2) is 42.5 Å². The summed E-state index contributed by atoms with van der Waals surface area (Å²) in [4.78, 5) is 21.2. The molecule has 174 valence electrons. The molecule has 0 radical (unpaired) electrons. The lowest BCUT2D eigenvalue weighted by Crippen LogP contribution is -2.47. The number of carbonyl (C=O) groups is 1. The summed E-state index contributed by atoms with van der Waals surface area (Å²) in [6, 6.07) is 12.7. The molecule has 3 aromatic rings. The van der Waals surface area contributed by atoms with Crippen molar-refractivity contribution >= 4 is 44.1 Å². The summed E-state index contributed by atoms with van der Waals surface area (Å²) in [5.74, 6) is -0.530. The molecule has 0 bridgehead atoms. The van der Waals surface area contributed by atoms with Crippen molar-refractivity contribution < 1.29 is 18.3 Å². The summed E-state index contributed by atoms with van der Waals surface area (Å²) < 4.78 is 26.3. The van der Waals surface area contributed by atoms with Crippen molar-refractivity contribution in [1.29, 1.82) is 0 Å². The fraction of sp³-hybridized carbons (Fsp3) is 0.333. The lowest BCUT2D eigenvalue weighted by atomic mass is 10.1. The molecule has 1 aromatic heterocycles. The average Bonchev–Trinajstić information content (AvgIpc) is 2.80. The number of piperazine rings is 1. The summed E-state index contributed by atoms with van der Waals surface area (Å²) in [7, 11) is -3.46. The van der Waals surface area contributed by atoms with Crippen LogP contribution >= 0.6 is 0 Å². The molecule has 8 nitrogen and oxygen atoms in total. The number of pyridine rings is 1. The SMILES string of the molecule is CCS(=O)(=O)Nc1ccc2nc(N3CCN(c4cccc(C)c4C)CC3)cc(C(=O)O)c2c1. The number of nitrogens with zero attached hydrogens (tertiary/aromatic N) is 3. The van der Waals surface area contributed by atoms with Gasteiger partial charge in [0.15, 0.2) is 0 Å². The lowest BCUT2D eigenvalue weighted by Gasteiger charge is -2.37. The van der Waals surface area contributed by atoms with E-state index in [1.165, 1.54) is 22.9 Å². The number of carboxylic acids is 1. The summed E-state index contributed by atoms with van der Waals surface area (Å²) in [5, 5.41) is 10.2. The Balaban J connectivity index is 1.61. The predicted molar refractivity (Wildman–Crippen MR) is 132 cm³/mol. The van der Waals surface area contributed by atoms with Gasteiger partial charge in [0.1, 0.15) is 5.82 Å². The molecule has 0 saturated carbocycles. The van der Waals surface area contributed by atoms with Crippen molar-refractivity contribution in [2.24, 2.45) is 0 Å². The average molecular weight is 469 g/mol. The first kappa shape index (κ1) is 22.8. The van der Waals surface area contributed by atoms with E-state index < -0.39 is 16.0 Å². The summed E-state index contributed by atoms with van der Waals surface area (Å²) in [5.41, 5.74) is 4.71. The third-order valence-corrected chi connectivity index (χ3v) is 7.51. The highest BCUT2D eigenvalue weighted by Gasteiger charge is 2.22. The van der Waals surface area contributed by atoms with Gasteiger partial charge in [-0.25, -0.2) is 18.2 Å². The van der Waals surface area contributed by atoms with Crippen LogP contribution < -0.4 is 14.5 Å². The maximum Gasteiger partial charge on any atom is 0.336 e. The molecule has 4 rings (SSSR count). The molecule has 9 heteroatoms. The third-order valence-electron chi connectivity index (χ3n) is 6.20. The zero-order valence-corrected chi connectivity index (χ0v) is 19.8. The van der Waals surface area contributed by atoms with Crippen LogP contribution in [0.4, 0.5) is 17.2 Å². The highest BCUT2D eigenvalue weighted by Crippen LogP contribution is 2.29. The molecule has 1 saturated heterocycles. The standard InChI is InChI=1S/C24H28N4O4S/c1-4-33(31,32)26-18-8-9-21-19(14-18)20(24(29)30)15-23(25-21)28-12-10-27(11-13-28)22-7-5-6-16(2)17(22)3/h5-9,14-15,26H,4,10-13H2,1-3H3,(H,29,30). The molecule has 0 aliphatic carbocycles. The van der Waals surface area contributed by atoms with E-state index in [1.807, 2.05) is 0 Å². The van der Waals surface area contributed by atoms with E-state index in [1.54, 1.807) is 25.1 Å². The Labute approximate surface area is 193 Å². The number of hydrogen-bond acceptors (Lipinski definition) is 6. The van der Waals surface area contributed by atoms with E-state index in [2.05, 4.69) is 46.6 Å². The quantitative estimate of drug-likeness (QED) is 0.569. The number of benzene rings is 2. The van der Waals surface area contributed by atoms with Crippen LogP contribution in [0.25, 0.3) is 10.9 Å². The van der Waals surface area contributed by atoms with Gasteiger partial charge in [-0.1, -0.05) is 12.1 Å². The topological polar surface area (TPSA) is 103 Å². The zero-order chi connectivity index (χ0) is 23.8. The van der Waals surface area contributed by atoms with Crippen LogP contribution in [0, 0.1) is 13.8 Å². The molecule has 0 atom stereocenters. The number of anilines is 3. The zero-order valence-electron chi connectivity index (χ0n) is 19.0. The number of nitrogens with one attached hydrogen (secondary N) is 1. The third kappa shape index (κ3) is 4.73. The second kappa shape index (κ2) is 8.90. The van der Waals surface area contributed by atoms with E-state index in [0.29, 0.717) is 22.4 Å². The van der Waals surface area contributed by atoms with Gasteiger partial charge in [-0.2, -0.15) is 0 Å². The van der Waals surface area contributed by atoms with Gasteiger partial charge in [-0.05, 0) is 62.2 Å². The highest BCUT2D eigenvalue weighted by atomic mass is 32.2. The van der Waals surface area contributed by atoms with Crippen LogP contribution in [0.3, 0.4) is 0 Å². The first-order valence-corrected chi connectivity index (χ1v) is 12.6. The first-order chi connectivity index (χ1) is 15.7. The van der Waals surface area contributed by atoms with Crippen molar-refractivity contribution in [3.8, 4) is 0 Å². The van der Waals surface area contributed by atoms with Gasteiger partial charge in [0.05, 0.1) is 16.8 Å². The van der Waals surface area contributed by atoms with Gasteiger partial charge in [0, 0.05) is 42.9 Å². The Hall–Kier alpha value is -3.33. The lowest BCUT2D eigenvalue weighted by molar-refractivity contribution is 0.0699. The normalized spacial score (nSPS) is 14.5. The van der Waals surface area contributed by atoms with Crippen molar-refractivity contribution in [1.82, 2.24) is 4.98 Å². The minimum Gasteiger partial charge on any atom is -0.478 e. The number of carboxylic acid groups (broad SMARTS) is 1. The van der Waals surface area contributed by atoms with Crippen LogP contribution in [0.1, 0.15) is 28.4 Å². The summed E-state index contributed by atoms with van der Waals surface area (Å²) in [6.07, 6.45) is 0. The maximum absolute atomic E-state index is 12.0. The second-order valence-corrected chi connectivity index (χ2v) is 10.3. The predicted octanol–water partition coefficient (Wildman–Crippen LogP) is 3.64. The monoisotopic (exact) mass is 468 g/mol. The largest absolute Gasteiger partial charge is 0.478 e. The van der Waals surface area contributed by atoms with Crippen LogP contribution in [0.2, 0.25) is 0 Å². The number of rotatable bonds is 6. The van der Waals surface area contributed by atoms with Crippen molar-refractivity contribution in [2.45, 2.75) is 20.8 Å². The van der Waals surface area contributed by atoms with Crippen LogP contribution in [0.5, 0.6) is 0 Å². The summed E-state index contributed by atoms with van der Waals surface area (Å²) >= 11 is 0. The number of aromatic nitrogens is 1. The van der Waals surface area contributed by atoms with E-state index in [9.17, 15) is 18.3 Å². The molecule has 2 heterocycles. The van der Waals surface area contributed by atoms with E-state index in [-0.39, 0.29) is 11.3 Å². The Morgan fingerprint density at radius 3 is 2.42 bits per heavy atom. The highest BCUT2D eigenvalue weighted by molar-refractivity contribution is 7.92. The fourth-order valence-electron chi connectivity index (χ4n) is 4.12. The van der Waals surface area contributed by atoms with Crippen molar-refractivity contribution in [2.75, 3.05) is 46.5 Å². The van der Waals surface area contributed by atoms with E-state index >= 15 is 0 Å². The van der Waals surface area contributed by atoms with Crippen LogP contribution in [-0.2, 0) is 10.0 Å². The minimum atomic E-state index is -3.46. The molecule has 0 amide bonds. The van der Waals surface area contributed by atoms with Gasteiger partial charge in [-0.3, -0.25) is 4.72 Å². The van der Waals surface area contributed by atoms with Crippen molar-refractivity contribution in [3.05, 3.63) is 59.2 Å².